The molecule has 0 saturated heterocycles. The Labute approximate surface area is 193 Å². The quantitative estimate of drug-likeness (QED) is 0.264. The highest BCUT2D eigenvalue weighted by atomic mass is 35.5. The molecular weight excluding hydrogens is 455 g/mol. The molecule has 32 heavy (non-hydrogen) atoms. The SMILES string of the molecule is COc1cc(OC)cc(C(=O)Oc2ccc3c(c2)O/C(=C\c2ccc(Cl)cc2Cl)C3=O)c1. The number of allylic oxidation sites excluding steroid dienone is 1. The fraction of sp³-hybridized carbons (Fsp3) is 0.0833. The Morgan fingerprint density at radius 2 is 1.62 bits per heavy atom. The second kappa shape index (κ2) is 8.94. The van der Waals surface area contributed by atoms with Gasteiger partial charge in [0.2, 0.25) is 5.78 Å². The maximum Gasteiger partial charge on any atom is 0.343 e. The van der Waals surface area contributed by atoms with E-state index in [4.69, 9.17) is 42.1 Å². The average Bonchev–Trinajstić information content (AvgIpc) is 3.09. The average molecular weight is 471 g/mol. The van der Waals surface area contributed by atoms with Gasteiger partial charge in [0, 0.05) is 22.2 Å². The molecule has 0 radical (unpaired) electrons. The van der Waals surface area contributed by atoms with Gasteiger partial charge in [0.15, 0.2) is 5.76 Å². The number of ether oxygens (including phenoxy) is 4. The first-order valence-corrected chi connectivity index (χ1v) is 10.1. The van der Waals surface area contributed by atoms with Gasteiger partial charge in [-0.25, -0.2) is 4.79 Å². The van der Waals surface area contributed by atoms with Crippen LogP contribution in [-0.2, 0) is 0 Å². The molecule has 0 atom stereocenters. The molecule has 3 aromatic rings. The highest BCUT2D eigenvalue weighted by Crippen LogP contribution is 2.36. The van der Waals surface area contributed by atoms with Gasteiger partial charge < -0.3 is 18.9 Å². The summed E-state index contributed by atoms with van der Waals surface area (Å²) in [4.78, 5) is 25.3. The fourth-order valence-corrected chi connectivity index (χ4v) is 3.54. The van der Waals surface area contributed by atoms with Crippen LogP contribution in [0.3, 0.4) is 0 Å². The number of esters is 1. The number of carbonyl (C=O) groups is 2. The molecule has 0 spiro atoms. The van der Waals surface area contributed by atoms with Crippen molar-refractivity contribution in [3.8, 4) is 23.0 Å². The van der Waals surface area contributed by atoms with Crippen LogP contribution < -0.4 is 18.9 Å². The zero-order valence-electron chi connectivity index (χ0n) is 17.0. The number of rotatable bonds is 5. The van der Waals surface area contributed by atoms with Gasteiger partial charge >= 0.3 is 5.97 Å². The van der Waals surface area contributed by atoms with Crippen LogP contribution in [0.5, 0.6) is 23.0 Å². The molecule has 162 valence electrons. The molecule has 0 fully saturated rings. The maximum atomic E-state index is 12.7. The highest BCUT2D eigenvalue weighted by Gasteiger charge is 2.28. The molecule has 1 aliphatic heterocycles. The number of hydrogen-bond acceptors (Lipinski definition) is 6. The van der Waals surface area contributed by atoms with Crippen LogP contribution in [-0.4, -0.2) is 26.0 Å². The van der Waals surface area contributed by atoms with E-state index >= 15 is 0 Å². The van der Waals surface area contributed by atoms with Crippen molar-refractivity contribution in [3.05, 3.63) is 87.1 Å². The van der Waals surface area contributed by atoms with E-state index in [9.17, 15) is 9.59 Å². The molecule has 3 aromatic carbocycles. The molecule has 1 aliphatic rings. The molecule has 0 saturated carbocycles. The van der Waals surface area contributed by atoms with Crippen molar-refractivity contribution in [3.63, 3.8) is 0 Å². The summed E-state index contributed by atoms with van der Waals surface area (Å²) in [7, 11) is 2.97. The normalized spacial score (nSPS) is 13.5. The third-order valence-electron chi connectivity index (χ3n) is 4.69. The summed E-state index contributed by atoms with van der Waals surface area (Å²) < 4.78 is 21.5. The van der Waals surface area contributed by atoms with E-state index < -0.39 is 5.97 Å². The van der Waals surface area contributed by atoms with E-state index in [1.165, 1.54) is 50.6 Å². The van der Waals surface area contributed by atoms with Crippen molar-refractivity contribution in [1.29, 1.82) is 0 Å². The summed E-state index contributed by atoms with van der Waals surface area (Å²) in [5, 5.41) is 0.875. The smallest absolute Gasteiger partial charge is 0.343 e. The third-order valence-corrected chi connectivity index (χ3v) is 5.25. The first-order chi connectivity index (χ1) is 15.4. The lowest BCUT2D eigenvalue weighted by Crippen LogP contribution is -2.09. The Kier molecular flexibility index (Phi) is 6.08. The monoisotopic (exact) mass is 470 g/mol. The second-order valence-electron chi connectivity index (χ2n) is 6.75. The molecule has 1 heterocycles. The lowest BCUT2D eigenvalue weighted by molar-refractivity contribution is 0.0733. The predicted octanol–water partition coefficient (Wildman–Crippen LogP) is 5.85. The van der Waals surface area contributed by atoms with Gasteiger partial charge in [0.05, 0.1) is 25.3 Å². The summed E-state index contributed by atoms with van der Waals surface area (Å²) in [6.07, 6.45) is 1.54. The minimum absolute atomic E-state index is 0.102. The molecular formula is C24H16Cl2O6. The van der Waals surface area contributed by atoms with Crippen LogP contribution >= 0.6 is 23.2 Å². The summed E-state index contributed by atoms with van der Waals surface area (Å²) in [5.74, 6) is 0.584. The van der Waals surface area contributed by atoms with Crippen molar-refractivity contribution < 1.29 is 28.5 Å². The van der Waals surface area contributed by atoms with Crippen molar-refractivity contribution in [2.24, 2.45) is 0 Å². The number of halogens is 2. The first kappa shape index (κ1) is 21.7. The number of ketones is 1. The van der Waals surface area contributed by atoms with Crippen molar-refractivity contribution >= 4 is 41.0 Å². The van der Waals surface area contributed by atoms with Crippen LogP contribution in [0.15, 0.2) is 60.4 Å². The lowest BCUT2D eigenvalue weighted by atomic mass is 10.1. The van der Waals surface area contributed by atoms with E-state index in [-0.39, 0.29) is 28.6 Å². The van der Waals surface area contributed by atoms with Crippen LogP contribution in [0, 0.1) is 0 Å². The minimum atomic E-state index is -0.616. The van der Waals surface area contributed by atoms with Gasteiger partial charge in [-0.05, 0) is 48.0 Å². The molecule has 0 N–H and O–H groups in total. The van der Waals surface area contributed by atoms with Gasteiger partial charge in [-0.2, -0.15) is 0 Å². The lowest BCUT2D eigenvalue weighted by Gasteiger charge is -2.09. The second-order valence-corrected chi connectivity index (χ2v) is 7.60. The van der Waals surface area contributed by atoms with E-state index in [1.54, 1.807) is 24.3 Å². The van der Waals surface area contributed by atoms with Crippen LogP contribution in [0.2, 0.25) is 10.0 Å². The van der Waals surface area contributed by atoms with Gasteiger partial charge in [-0.15, -0.1) is 0 Å². The third kappa shape index (κ3) is 4.42. The Morgan fingerprint density at radius 3 is 2.28 bits per heavy atom. The van der Waals surface area contributed by atoms with Crippen molar-refractivity contribution in [2.75, 3.05) is 14.2 Å². The van der Waals surface area contributed by atoms with E-state index in [0.29, 0.717) is 32.7 Å². The molecule has 6 nitrogen and oxygen atoms in total. The van der Waals surface area contributed by atoms with E-state index in [2.05, 4.69) is 0 Å². The minimum Gasteiger partial charge on any atom is -0.497 e. The zero-order chi connectivity index (χ0) is 22.8. The number of fused-ring (bicyclic) bond motifs is 1. The summed E-state index contributed by atoms with van der Waals surface area (Å²) in [5.41, 5.74) is 1.19. The molecule has 4 rings (SSSR count). The summed E-state index contributed by atoms with van der Waals surface area (Å²) >= 11 is 12.1. The maximum absolute atomic E-state index is 12.7. The summed E-state index contributed by atoms with van der Waals surface area (Å²) in [6, 6.07) is 14.2. The largest absolute Gasteiger partial charge is 0.497 e. The molecule has 0 bridgehead atoms. The number of methoxy groups -OCH3 is 2. The summed E-state index contributed by atoms with van der Waals surface area (Å²) in [6.45, 7) is 0. The number of hydrogen-bond donors (Lipinski definition) is 0. The van der Waals surface area contributed by atoms with Crippen LogP contribution in [0.25, 0.3) is 6.08 Å². The van der Waals surface area contributed by atoms with Gasteiger partial charge in [0.25, 0.3) is 0 Å². The Hall–Kier alpha value is -3.48. The molecule has 8 heteroatoms. The first-order valence-electron chi connectivity index (χ1n) is 9.36. The fourth-order valence-electron chi connectivity index (χ4n) is 3.08. The van der Waals surface area contributed by atoms with Crippen molar-refractivity contribution in [2.45, 2.75) is 0 Å². The van der Waals surface area contributed by atoms with Crippen LogP contribution in [0.1, 0.15) is 26.3 Å². The number of carbonyl (C=O) groups excluding carboxylic acids is 2. The Bertz CT molecular complexity index is 1240. The Balaban J connectivity index is 1.56. The molecule has 0 aromatic heterocycles. The molecule has 0 amide bonds. The number of Topliss-reactive ketones (excluding diaryl/α,β-unsaturated/α-hetero) is 1. The van der Waals surface area contributed by atoms with Crippen LogP contribution in [0.4, 0.5) is 0 Å². The predicted molar refractivity (Wildman–Crippen MR) is 120 cm³/mol. The van der Waals surface area contributed by atoms with Crippen molar-refractivity contribution in [1.82, 2.24) is 0 Å². The standard InChI is InChI=1S/C24H16Cl2O6/c1-29-17-7-14(8-18(11-17)30-2)24(28)31-16-5-6-19-21(12-16)32-22(23(19)27)9-13-3-4-15(25)10-20(13)26/h3-12H,1-2H3/b22-9-. The van der Waals surface area contributed by atoms with Gasteiger partial charge in [-0.3, -0.25) is 4.79 Å². The Morgan fingerprint density at radius 1 is 0.906 bits per heavy atom. The topological polar surface area (TPSA) is 71.1 Å². The van der Waals surface area contributed by atoms with E-state index in [1.807, 2.05) is 0 Å². The molecule has 0 unspecified atom stereocenters. The van der Waals surface area contributed by atoms with Gasteiger partial charge in [-0.1, -0.05) is 29.3 Å². The number of benzene rings is 3. The molecule has 0 aliphatic carbocycles. The zero-order valence-corrected chi connectivity index (χ0v) is 18.5. The van der Waals surface area contributed by atoms with Gasteiger partial charge in [0.1, 0.15) is 23.0 Å². The van der Waals surface area contributed by atoms with E-state index in [0.717, 1.165) is 0 Å². The highest BCUT2D eigenvalue weighted by molar-refractivity contribution is 6.35.